The molecule has 1 atom stereocenters. The number of amidine groups is 1. The van der Waals surface area contributed by atoms with Gasteiger partial charge in [-0.25, -0.2) is 4.99 Å². The normalized spacial score (nSPS) is 19.5. The summed E-state index contributed by atoms with van der Waals surface area (Å²) < 4.78 is 0. The average molecular weight is 379 g/mol. The van der Waals surface area contributed by atoms with Gasteiger partial charge in [0.15, 0.2) is 5.17 Å². The summed E-state index contributed by atoms with van der Waals surface area (Å²) in [5.41, 5.74) is 2.06. The van der Waals surface area contributed by atoms with Gasteiger partial charge in [-0.3, -0.25) is 0 Å². The van der Waals surface area contributed by atoms with Gasteiger partial charge in [0.25, 0.3) is 0 Å². The maximum Gasteiger partial charge on any atom is 0.165 e. The van der Waals surface area contributed by atoms with Crippen LogP contribution in [0.4, 0.5) is 5.69 Å². The maximum absolute atomic E-state index is 6.31. The minimum absolute atomic E-state index is 0.390. The lowest BCUT2D eigenvalue weighted by Crippen LogP contribution is -2.28. The van der Waals surface area contributed by atoms with Crippen LogP contribution in [-0.2, 0) is 0 Å². The number of thioether (sulfide) groups is 1. The highest BCUT2D eigenvalue weighted by Crippen LogP contribution is 2.41. The predicted molar refractivity (Wildman–Crippen MR) is 107 cm³/mol. The molecule has 3 rings (SSSR count). The van der Waals surface area contributed by atoms with Crippen LogP contribution in [0.1, 0.15) is 24.7 Å². The number of nitrogens with zero attached hydrogens (tertiary/aromatic N) is 2. The number of rotatable bonds is 4. The molecule has 1 aliphatic rings. The van der Waals surface area contributed by atoms with Crippen LogP contribution in [0, 0.1) is 5.92 Å². The van der Waals surface area contributed by atoms with Gasteiger partial charge in [-0.1, -0.05) is 85.2 Å². The number of halogens is 2. The lowest BCUT2D eigenvalue weighted by atomic mass is 10.1. The van der Waals surface area contributed by atoms with Crippen molar-refractivity contribution in [2.75, 3.05) is 13.1 Å². The first-order chi connectivity index (χ1) is 11.5. The summed E-state index contributed by atoms with van der Waals surface area (Å²) in [7, 11) is 0. The highest BCUT2D eigenvalue weighted by atomic mass is 35.5. The quantitative estimate of drug-likeness (QED) is 0.609. The standard InChI is InChI=1S/C19H20Cl2N2S/c1-13(2)11-23-12-17(14-7-4-3-5-8-14)24-19(23)22-16-10-6-9-15(20)18(16)21/h3-10,13,17H,11-12H2,1-2H3. The van der Waals surface area contributed by atoms with Crippen LogP contribution in [0.5, 0.6) is 0 Å². The Morgan fingerprint density at radius 2 is 1.88 bits per heavy atom. The number of benzene rings is 2. The number of hydrogen-bond donors (Lipinski definition) is 0. The van der Waals surface area contributed by atoms with E-state index in [9.17, 15) is 0 Å². The largest absolute Gasteiger partial charge is 0.349 e. The summed E-state index contributed by atoms with van der Waals surface area (Å²) in [4.78, 5) is 7.17. The molecule has 0 bridgehead atoms. The Hall–Kier alpha value is -1.16. The first kappa shape index (κ1) is 17.7. The second kappa shape index (κ2) is 7.81. The van der Waals surface area contributed by atoms with Crippen LogP contribution in [-0.4, -0.2) is 23.2 Å². The SMILES string of the molecule is CC(C)CN1CC(c2ccccc2)SC1=Nc1cccc(Cl)c1Cl. The van der Waals surface area contributed by atoms with E-state index in [1.54, 1.807) is 17.8 Å². The van der Waals surface area contributed by atoms with Crippen LogP contribution in [0.15, 0.2) is 53.5 Å². The summed E-state index contributed by atoms with van der Waals surface area (Å²) in [5, 5.41) is 2.46. The van der Waals surface area contributed by atoms with Gasteiger partial charge >= 0.3 is 0 Å². The molecule has 1 fully saturated rings. The van der Waals surface area contributed by atoms with Gasteiger partial charge in [-0.15, -0.1) is 0 Å². The van der Waals surface area contributed by atoms with Crippen LogP contribution in [0.25, 0.3) is 0 Å². The van der Waals surface area contributed by atoms with Crippen LogP contribution < -0.4 is 0 Å². The summed E-state index contributed by atoms with van der Waals surface area (Å²) in [6.45, 7) is 6.40. The van der Waals surface area contributed by atoms with Crippen molar-refractivity contribution in [1.82, 2.24) is 4.90 Å². The van der Waals surface area contributed by atoms with E-state index < -0.39 is 0 Å². The molecule has 0 amide bonds. The van der Waals surface area contributed by atoms with Gasteiger partial charge in [0.2, 0.25) is 0 Å². The fourth-order valence-corrected chi connectivity index (χ4v) is 4.32. The third kappa shape index (κ3) is 4.08. The number of aliphatic imine (C=N–C) groups is 1. The van der Waals surface area contributed by atoms with Gasteiger partial charge in [-0.2, -0.15) is 0 Å². The van der Waals surface area contributed by atoms with Crippen molar-refractivity contribution in [2.45, 2.75) is 19.1 Å². The van der Waals surface area contributed by atoms with Crippen LogP contribution in [0.2, 0.25) is 10.0 Å². The molecule has 0 saturated carbocycles. The lowest BCUT2D eigenvalue weighted by Gasteiger charge is -2.20. The van der Waals surface area contributed by atoms with Crippen molar-refractivity contribution in [3.63, 3.8) is 0 Å². The zero-order chi connectivity index (χ0) is 17.1. The molecule has 2 aromatic carbocycles. The van der Waals surface area contributed by atoms with E-state index in [-0.39, 0.29) is 0 Å². The lowest BCUT2D eigenvalue weighted by molar-refractivity contribution is 0.381. The van der Waals surface area contributed by atoms with Gasteiger partial charge in [0.1, 0.15) is 0 Å². The predicted octanol–water partition coefficient (Wildman–Crippen LogP) is 6.43. The van der Waals surface area contributed by atoms with E-state index in [0.29, 0.717) is 21.2 Å². The van der Waals surface area contributed by atoms with Gasteiger partial charge in [0, 0.05) is 13.1 Å². The summed E-state index contributed by atoms with van der Waals surface area (Å²) in [6, 6.07) is 16.2. The Balaban J connectivity index is 1.91. The Morgan fingerprint density at radius 1 is 1.12 bits per heavy atom. The van der Waals surface area contributed by atoms with Crippen molar-refractivity contribution in [1.29, 1.82) is 0 Å². The molecule has 1 unspecified atom stereocenters. The van der Waals surface area contributed by atoms with Gasteiger partial charge in [-0.05, 0) is 23.6 Å². The average Bonchev–Trinajstić information content (AvgIpc) is 2.95. The first-order valence-electron chi connectivity index (χ1n) is 8.04. The second-order valence-corrected chi connectivity index (χ2v) is 8.24. The Kier molecular flexibility index (Phi) is 5.75. The zero-order valence-electron chi connectivity index (χ0n) is 13.7. The topological polar surface area (TPSA) is 15.6 Å². The molecule has 1 saturated heterocycles. The van der Waals surface area contributed by atoms with Gasteiger partial charge < -0.3 is 4.90 Å². The molecule has 0 aromatic heterocycles. The summed E-state index contributed by atoms with van der Waals surface area (Å²) in [6.07, 6.45) is 0. The molecule has 0 spiro atoms. The van der Waals surface area contributed by atoms with E-state index in [1.807, 2.05) is 12.1 Å². The first-order valence-corrected chi connectivity index (χ1v) is 9.67. The Labute approximate surface area is 157 Å². The third-order valence-electron chi connectivity index (χ3n) is 3.81. The van der Waals surface area contributed by atoms with E-state index in [2.05, 4.69) is 49.1 Å². The molecule has 24 heavy (non-hydrogen) atoms. The van der Waals surface area contributed by atoms with Crippen molar-refractivity contribution in [2.24, 2.45) is 10.9 Å². The molecule has 0 aliphatic carbocycles. The fourth-order valence-electron chi connectivity index (χ4n) is 2.73. The second-order valence-electron chi connectivity index (χ2n) is 6.28. The molecule has 2 aromatic rings. The molecule has 0 N–H and O–H groups in total. The highest BCUT2D eigenvalue weighted by molar-refractivity contribution is 8.14. The number of hydrogen-bond acceptors (Lipinski definition) is 2. The molecular weight excluding hydrogens is 359 g/mol. The van der Waals surface area contributed by atoms with Crippen LogP contribution >= 0.6 is 35.0 Å². The van der Waals surface area contributed by atoms with Crippen molar-refractivity contribution in [3.8, 4) is 0 Å². The Bertz CT molecular complexity index is 731. The van der Waals surface area contributed by atoms with E-state index in [1.165, 1.54) is 5.56 Å². The Morgan fingerprint density at radius 3 is 2.58 bits per heavy atom. The molecule has 2 nitrogen and oxygen atoms in total. The highest BCUT2D eigenvalue weighted by Gasteiger charge is 2.30. The maximum atomic E-state index is 6.31. The van der Waals surface area contributed by atoms with Crippen molar-refractivity contribution in [3.05, 3.63) is 64.1 Å². The molecule has 1 aliphatic heterocycles. The molecule has 126 valence electrons. The minimum atomic E-state index is 0.390. The minimum Gasteiger partial charge on any atom is -0.349 e. The fraction of sp³-hybridized carbons (Fsp3) is 0.316. The molecule has 0 radical (unpaired) electrons. The monoisotopic (exact) mass is 378 g/mol. The van der Waals surface area contributed by atoms with Gasteiger partial charge in [0.05, 0.1) is 21.0 Å². The summed E-state index contributed by atoms with van der Waals surface area (Å²) in [5.74, 6) is 0.570. The smallest absolute Gasteiger partial charge is 0.165 e. The van der Waals surface area contributed by atoms with E-state index >= 15 is 0 Å². The van der Waals surface area contributed by atoms with Crippen LogP contribution in [0.3, 0.4) is 0 Å². The molecular formula is C19H20Cl2N2S. The van der Waals surface area contributed by atoms with Crippen molar-refractivity contribution >= 4 is 45.8 Å². The molecule has 5 heteroatoms. The zero-order valence-corrected chi connectivity index (χ0v) is 16.1. The molecule has 1 heterocycles. The van der Waals surface area contributed by atoms with E-state index in [4.69, 9.17) is 28.2 Å². The third-order valence-corrected chi connectivity index (χ3v) is 5.88. The summed E-state index contributed by atoms with van der Waals surface area (Å²) >= 11 is 14.2. The van der Waals surface area contributed by atoms with Crippen molar-refractivity contribution < 1.29 is 0 Å². The van der Waals surface area contributed by atoms with E-state index in [0.717, 1.165) is 23.9 Å².